The predicted octanol–water partition coefficient (Wildman–Crippen LogP) is 2.79. The first-order valence-electron chi connectivity index (χ1n) is 7.96. The fourth-order valence-corrected chi connectivity index (χ4v) is 3.19. The number of esters is 1. The molecule has 1 aromatic heterocycles. The van der Waals surface area contributed by atoms with E-state index in [1.807, 2.05) is 60.7 Å². The van der Waals surface area contributed by atoms with Crippen LogP contribution in [0.1, 0.15) is 17.2 Å². The van der Waals surface area contributed by atoms with Gasteiger partial charge >= 0.3 is 5.97 Å². The van der Waals surface area contributed by atoms with Gasteiger partial charge in [-0.2, -0.15) is 10.1 Å². The number of carbonyl (C=O) groups excluding carboxylic acids is 1. The maximum Gasteiger partial charge on any atom is 0.317 e. The monoisotopic (exact) mass is 332 g/mol. The number of hydrogen-bond acceptors (Lipinski definition) is 5. The van der Waals surface area contributed by atoms with Crippen LogP contribution in [0.2, 0.25) is 0 Å². The molecule has 1 aliphatic rings. The van der Waals surface area contributed by atoms with E-state index in [4.69, 9.17) is 4.74 Å². The summed E-state index contributed by atoms with van der Waals surface area (Å²) in [5.41, 5.74) is 2.46. The maximum absolute atomic E-state index is 12.7. The molecule has 6 nitrogen and oxygen atoms in total. The van der Waals surface area contributed by atoms with Crippen molar-refractivity contribution >= 4 is 17.6 Å². The quantitative estimate of drug-likeness (QED) is 0.692. The van der Waals surface area contributed by atoms with E-state index in [-0.39, 0.29) is 12.0 Å². The minimum atomic E-state index is -0.607. The van der Waals surface area contributed by atoms with Gasteiger partial charge in [-0.05, 0) is 11.1 Å². The third-order valence-electron chi connectivity index (χ3n) is 4.31. The number of hydrogen-bond donors (Lipinski definition) is 0. The van der Waals surface area contributed by atoms with Gasteiger partial charge in [-0.25, -0.2) is 9.67 Å². The van der Waals surface area contributed by atoms with Gasteiger partial charge in [-0.3, -0.25) is 4.79 Å². The molecule has 0 radical (unpaired) electrons. The highest BCUT2D eigenvalue weighted by molar-refractivity contribution is 6.13. The molecule has 0 N–H and O–H groups in total. The second kappa shape index (κ2) is 6.32. The average molecular weight is 332 g/mol. The first-order valence-corrected chi connectivity index (χ1v) is 7.96. The van der Waals surface area contributed by atoms with E-state index in [2.05, 4.69) is 15.1 Å². The zero-order valence-electron chi connectivity index (χ0n) is 13.6. The molecule has 2 heterocycles. The normalized spacial score (nSPS) is 19.0. The Hall–Kier alpha value is -3.28. The molecule has 0 bridgehead atoms. The Kier molecular flexibility index (Phi) is 3.85. The van der Waals surface area contributed by atoms with Crippen molar-refractivity contribution in [2.45, 2.75) is 6.04 Å². The van der Waals surface area contributed by atoms with Crippen molar-refractivity contribution in [2.75, 3.05) is 7.11 Å². The largest absolute Gasteiger partial charge is 0.468 e. The zero-order chi connectivity index (χ0) is 17.2. The Morgan fingerprint density at radius 3 is 2.40 bits per heavy atom. The number of nitrogens with zero attached hydrogens (tertiary/aromatic N) is 4. The molecule has 6 heteroatoms. The van der Waals surface area contributed by atoms with Crippen molar-refractivity contribution in [2.24, 2.45) is 10.9 Å². The number of benzene rings is 2. The number of ether oxygens (including phenoxy) is 1. The van der Waals surface area contributed by atoms with Gasteiger partial charge in [-0.15, -0.1) is 0 Å². The highest BCUT2D eigenvalue weighted by Crippen LogP contribution is 2.37. The molecule has 0 saturated carbocycles. The summed E-state index contributed by atoms with van der Waals surface area (Å²) in [5.74, 6) is -0.477. The lowest BCUT2D eigenvalue weighted by Gasteiger charge is -2.30. The first-order chi connectivity index (χ1) is 12.3. The third-order valence-corrected chi connectivity index (χ3v) is 4.31. The van der Waals surface area contributed by atoms with Crippen molar-refractivity contribution in [3.63, 3.8) is 0 Å². The van der Waals surface area contributed by atoms with Gasteiger partial charge in [0.1, 0.15) is 12.2 Å². The Morgan fingerprint density at radius 1 is 1.04 bits per heavy atom. The summed E-state index contributed by atoms with van der Waals surface area (Å²) in [6.07, 6.45) is 1.46. The smallest absolute Gasteiger partial charge is 0.317 e. The Morgan fingerprint density at radius 2 is 1.72 bits per heavy atom. The van der Waals surface area contributed by atoms with Gasteiger partial charge in [-0.1, -0.05) is 60.7 Å². The molecule has 2 aromatic carbocycles. The lowest BCUT2D eigenvalue weighted by atomic mass is 9.85. The Labute approximate surface area is 144 Å². The molecular formula is C19H16N4O2. The van der Waals surface area contributed by atoms with Crippen LogP contribution in [-0.2, 0) is 9.53 Å². The number of fused-ring (bicyclic) bond motifs is 1. The molecule has 0 fully saturated rings. The molecule has 4 rings (SSSR count). The van der Waals surface area contributed by atoms with Crippen molar-refractivity contribution in [1.82, 2.24) is 14.8 Å². The Balaban J connectivity index is 1.94. The van der Waals surface area contributed by atoms with Crippen LogP contribution < -0.4 is 0 Å². The van der Waals surface area contributed by atoms with E-state index in [1.165, 1.54) is 13.4 Å². The average Bonchev–Trinajstić information content (AvgIpc) is 3.15. The van der Waals surface area contributed by atoms with Crippen LogP contribution in [0.5, 0.6) is 0 Å². The fourth-order valence-electron chi connectivity index (χ4n) is 3.19. The van der Waals surface area contributed by atoms with Crippen LogP contribution in [0.25, 0.3) is 0 Å². The molecular weight excluding hydrogens is 316 g/mol. The van der Waals surface area contributed by atoms with Gasteiger partial charge < -0.3 is 4.74 Å². The number of rotatable bonds is 3. The Bertz CT molecular complexity index is 919. The van der Waals surface area contributed by atoms with E-state index < -0.39 is 5.92 Å². The third kappa shape index (κ3) is 2.61. The number of aliphatic imine (C=N–C) groups is 1. The van der Waals surface area contributed by atoms with E-state index in [0.29, 0.717) is 11.7 Å². The van der Waals surface area contributed by atoms with Gasteiger partial charge in [0.15, 0.2) is 0 Å². The highest BCUT2D eigenvalue weighted by atomic mass is 16.5. The lowest BCUT2D eigenvalue weighted by Crippen LogP contribution is -2.38. The summed E-state index contributed by atoms with van der Waals surface area (Å²) in [5, 5.41) is 4.30. The van der Waals surface area contributed by atoms with Crippen molar-refractivity contribution < 1.29 is 9.53 Å². The summed E-state index contributed by atoms with van der Waals surface area (Å²) in [7, 11) is 1.39. The summed E-state index contributed by atoms with van der Waals surface area (Å²) in [4.78, 5) is 21.5. The zero-order valence-corrected chi connectivity index (χ0v) is 13.6. The summed E-state index contributed by atoms with van der Waals surface area (Å²) < 4.78 is 6.79. The van der Waals surface area contributed by atoms with E-state index >= 15 is 0 Å². The van der Waals surface area contributed by atoms with Gasteiger partial charge in [0.2, 0.25) is 5.95 Å². The molecule has 0 spiro atoms. The molecule has 2 atom stereocenters. The lowest BCUT2D eigenvalue weighted by molar-refractivity contribution is -0.144. The van der Waals surface area contributed by atoms with E-state index in [9.17, 15) is 4.79 Å². The molecule has 124 valence electrons. The SMILES string of the molecule is COC(=O)C1C(c2ccccc2)=Nc2ncnn2C1c1ccccc1. The molecule has 25 heavy (non-hydrogen) atoms. The van der Waals surface area contributed by atoms with Crippen LogP contribution in [0.3, 0.4) is 0 Å². The molecule has 1 aliphatic heterocycles. The fraction of sp³-hybridized carbons (Fsp3) is 0.158. The number of aromatic nitrogens is 3. The van der Waals surface area contributed by atoms with Crippen molar-refractivity contribution in [3.8, 4) is 0 Å². The summed E-state index contributed by atoms with van der Waals surface area (Å²) in [6, 6.07) is 19.0. The molecule has 2 unspecified atom stereocenters. The predicted molar refractivity (Wildman–Crippen MR) is 92.7 cm³/mol. The second-order valence-corrected chi connectivity index (χ2v) is 5.72. The van der Waals surface area contributed by atoms with Crippen LogP contribution in [-0.4, -0.2) is 33.6 Å². The minimum absolute atomic E-state index is 0.349. The maximum atomic E-state index is 12.7. The molecule has 0 amide bonds. The minimum Gasteiger partial charge on any atom is -0.468 e. The summed E-state index contributed by atoms with van der Waals surface area (Å²) in [6.45, 7) is 0. The topological polar surface area (TPSA) is 69.4 Å². The standard InChI is InChI=1S/C19H16N4O2/c1-25-18(24)15-16(13-8-4-2-5-9-13)22-19-20-12-21-23(19)17(15)14-10-6-3-7-11-14/h2-12,15,17H,1H3. The molecule has 0 saturated heterocycles. The van der Waals surface area contributed by atoms with Crippen LogP contribution >= 0.6 is 0 Å². The van der Waals surface area contributed by atoms with Crippen molar-refractivity contribution in [3.05, 3.63) is 78.1 Å². The van der Waals surface area contributed by atoms with Crippen molar-refractivity contribution in [1.29, 1.82) is 0 Å². The highest BCUT2D eigenvalue weighted by Gasteiger charge is 2.41. The van der Waals surface area contributed by atoms with Gasteiger partial charge in [0.05, 0.1) is 18.9 Å². The van der Waals surface area contributed by atoms with Crippen LogP contribution in [0, 0.1) is 5.92 Å². The first kappa shape index (κ1) is 15.3. The second-order valence-electron chi connectivity index (χ2n) is 5.72. The number of methoxy groups -OCH3 is 1. The van der Waals surface area contributed by atoms with E-state index in [0.717, 1.165) is 11.1 Å². The molecule has 0 aliphatic carbocycles. The van der Waals surface area contributed by atoms with Crippen LogP contribution in [0.15, 0.2) is 72.0 Å². The summed E-state index contributed by atoms with van der Waals surface area (Å²) >= 11 is 0. The van der Waals surface area contributed by atoms with Gasteiger partial charge in [0.25, 0.3) is 0 Å². The van der Waals surface area contributed by atoms with Crippen LogP contribution in [0.4, 0.5) is 5.95 Å². The molecule has 3 aromatic rings. The number of carbonyl (C=O) groups is 1. The van der Waals surface area contributed by atoms with E-state index in [1.54, 1.807) is 4.68 Å². The van der Waals surface area contributed by atoms with Gasteiger partial charge in [0, 0.05) is 0 Å².